The van der Waals surface area contributed by atoms with Crippen LogP contribution in [0, 0.1) is 17.8 Å². The first kappa shape index (κ1) is 33.5. The van der Waals surface area contributed by atoms with E-state index in [0.29, 0.717) is 24.9 Å². The second-order valence-electron chi connectivity index (χ2n) is 11.6. The summed E-state index contributed by atoms with van der Waals surface area (Å²) in [6.45, 7) is 12.1. The van der Waals surface area contributed by atoms with Crippen molar-refractivity contribution in [2.45, 2.75) is 176 Å². The molecule has 2 unspecified atom stereocenters. The lowest BCUT2D eigenvalue weighted by atomic mass is 9.87. The number of carbonyl (C=O) groups excluding carboxylic acids is 1. The van der Waals surface area contributed by atoms with E-state index in [9.17, 15) is 4.79 Å². The zero-order chi connectivity index (χ0) is 25.3. The van der Waals surface area contributed by atoms with Crippen molar-refractivity contribution in [3.05, 3.63) is 0 Å². The summed E-state index contributed by atoms with van der Waals surface area (Å²) in [6, 6.07) is 0. The van der Waals surface area contributed by atoms with Gasteiger partial charge < -0.3 is 4.74 Å². The molecular formula is C32H64O2. The van der Waals surface area contributed by atoms with E-state index < -0.39 is 0 Å². The average molecular weight is 481 g/mol. The maximum Gasteiger partial charge on any atom is 0.305 e. The largest absolute Gasteiger partial charge is 0.465 e. The van der Waals surface area contributed by atoms with Gasteiger partial charge in [0.25, 0.3) is 0 Å². The highest BCUT2D eigenvalue weighted by Gasteiger charge is 2.17. The Morgan fingerprint density at radius 1 is 0.559 bits per heavy atom. The van der Waals surface area contributed by atoms with Gasteiger partial charge >= 0.3 is 5.97 Å². The maximum absolute atomic E-state index is 12.1. The molecule has 0 saturated carbocycles. The van der Waals surface area contributed by atoms with E-state index in [2.05, 4.69) is 34.6 Å². The van der Waals surface area contributed by atoms with E-state index in [1.807, 2.05) is 0 Å². The van der Waals surface area contributed by atoms with Crippen LogP contribution in [-0.2, 0) is 9.53 Å². The predicted molar refractivity (Wildman–Crippen MR) is 151 cm³/mol. The summed E-state index contributed by atoms with van der Waals surface area (Å²) < 4.78 is 5.62. The van der Waals surface area contributed by atoms with Gasteiger partial charge in [-0.25, -0.2) is 0 Å². The lowest BCUT2D eigenvalue weighted by Crippen LogP contribution is -2.20. The average Bonchev–Trinajstić information content (AvgIpc) is 2.80. The van der Waals surface area contributed by atoms with Crippen molar-refractivity contribution >= 4 is 5.97 Å². The Morgan fingerprint density at radius 3 is 1.38 bits per heavy atom. The van der Waals surface area contributed by atoms with Gasteiger partial charge in [0.2, 0.25) is 0 Å². The third-order valence-electron chi connectivity index (χ3n) is 7.58. The molecule has 0 fully saturated rings. The SMILES string of the molecule is CCCC(C)C(CCC)COC(=O)CCCCCCCCCCCCCCCCCCC(C)C. The van der Waals surface area contributed by atoms with Crippen molar-refractivity contribution in [1.82, 2.24) is 0 Å². The third kappa shape index (κ3) is 23.2. The molecule has 0 heterocycles. The normalized spacial score (nSPS) is 13.4. The summed E-state index contributed by atoms with van der Waals surface area (Å²) in [7, 11) is 0. The second-order valence-corrected chi connectivity index (χ2v) is 11.6. The van der Waals surface area contributed by atoms with Crippen LogP contribution >= 0.6 is 0 Å². The Morgan fingerprint density at radius 2 is 0.971 bits per heavy atom. The topological polar surface area (TPSA) is 26.3 Å². The summed E-state index contributed by atoms with van der Waals surface area (Å²) in [5.74, 6) is 2.10. The Hall–Kier alpha value is -0.530. The van der Waals surface area contributed by atoms with Gasteiger partial charge in [0, 0.05) is 6.42 Å². The van der Waals surface area contributed by atoms with E-state index in [1.165, 1.54) is 128 Å². The van der Waals surface area contributed by atoms with E-state index >= 15 is 0 Å². The molecule has 2 atom stereocenters. The molecule has 0 saturated heterocycles. The van der Waals surface area contributed by atoms with Gasteiger partial charge in [-0.3, -0.25) is 4.79 Å². The molecule has 0 aliphatic rings. The summed E-state index contributed by atoms with van der Waals surface area (Å²) in [6.07, 6.45) is 28.8. The van der Waals surface area contributed by atoms with Crippen LogP contribution in [0.4, 0.5) is 0 Å². The molecule has 0 radical (unpaired) electrons. The van der Waals surface area contributed by atoms with E-state index in [1.54, 1.807) is 0 Å². The standard InChI is InChI=1S/C32H64O2/c1-6-24-30(5)31(25-7-2)28-34-32(33)27-23-21-19-17-15-13-11-9-8-10-12-14-16-18-20-22-26-29(3)4/h29-31H,6-28H2,1-5H3. The van der Waals surface area contributed by atoms with Gasteiger partial charge in [-0.2, -0.15) is 0 Å². The van der Waals surface area contributed by atoms with Crippen LogP contribution in [0.5, 0.6) is 0 Å². The van der Waals surface area contributed by atoms with Crippen LogP contribution in [0.15, 0.2) is 0 Å². The smallest absolute Gasteiger partial charge is 0.305 e. The quantitative estimate of drug-likeness (QED) is 0.0908. The molecule has 204 valence electrons. The summed E-state index contributed by atoms with van der Waals surface area (Å²) in [5.41, 5.74) is 0. The number of esters is 1. The molecule has 0 bridgehead atoms. The monoisotopic (exact) mass is 480 g/mol. The van der Waals surface area contributed by atoms with Crippen molar-refractivity contribution in [2.75, 3.05) is 6.61 Å². The zero-order valence-corrected chi connectivity index (χ0v) is 24.3. The highest BCUT2D eigenvalue weighted by Crippen LogP contribution is 2.23. The van der Waals surface area contributed by atoms with E-state index in [4.69, 9.17) is 4.74 Å². The van der Waals surface area contributed by atoms with Crippen molar-refractivity contribution in [3.8, 4) is 0 Å². The summed E-state index contributed by atoms with van der Waals surface area (Å²) >= 11 is 0. The van der Waals surface area contributed by atoms with Crippen molar-refractivity contribution in [2.24, 2.45) is 17.8 Å². The minimum absolute atomic E-state index is 0.0240. The van der Waals surface area contributed by atoms with Crippen LogP contribution < -0.4 is 0 Å². The molecular weight excluding hydrogens is 416 g/mol. The Labute approximate surface area is 215 Å². The van der Waals surface area contributed by atoms with Crippen molar-refractivity contribution in [1.29, 1.82) is 0 Å². The number of rotatable bonds is 26. The molecule has 0 aliphatic carbocycles. The van der Waals surface area contributed by atoms with Crippen LogP contribution in [0.1, 0.15) is 176 Å². The molecule has 0 aromatic rings. The number of unbranched alkanes of at least 4 members (excludes halogenated alkanes) is 15. The van der Waals surface area contributed by atoms with Gasteiger partial charge in [-0.05, 0) is 30.6 Å². The summed E-state index contributed by atoms with van der Waals surface area (Å²) in [5, 5.41) is 0. The molecule has 2 nitrogen and oxygen atoms in total. The first-order chi connectivity index (χ1) is 16.5. The predicted octanol–water partition coefficient (Wildman–Crippen LogP) is 11.1. The van der Waals surface area contributed by atoms with Gasteiger partial charge in [-0.1, -0.05) is 157 Å². The Kier molecular flexibility index (Phi) is 25.2. The molecule has 0 aliphatic heterocycles. The van der Waals surface area contributed by atoms with Crippen LogP contribution in [0.2, 0.25) is 0 Å². The van der Waals surface area contributed by atoms with E-state index in [0.717, 1.165) is 12.3 Å². The highest BCUT2D eigenvalue weighted by molar-refractivity contribution is 5.69. The highest BCUT2D eigenvalue weighted by atomic mass is 16.5. The minimum atomic E-state index is 0.0240. The zero-order valence-electron chi connectivity index (χ0n) is 24.3. The fourth-order valence-electron chi connectivity index (χ4n) is 5.16. The van der Waals surface area contributed by atoms with Crippen molar-refractivity contribution in [3.63, 3.8) is 0 Å². The Bertz CT molecular complexity index is 417. The fraction of sp³-hybridized carbons (Fsp3) is 0.969. The van der Waals surface area contributed by atoms with Gasteiger partial charge in [0.1, 0.15) is 0 Å². The first-order valence-electron chi connectivity index (χ1n) is 15.7. The molecule has 2 heteroatoms. The van der Waals surface area contributed by atoms with Crippen LogP contribution in [-0.4, -0.2) is 12.6 Å². The number of carbonyl (C=O) groups is 1. The van der Waals surface area contributed by atoms with Crippen LogP contribution in [0.3, 0.4) is 0 Å². The number of hydrogen-bond donors (Lipinski definition) is 0. The Balaban J connectivity index is 3.37. The minimum Gasteiger partial charge on any atom is -0.465 e. The van der Waals surface area contributed by atoms with E-state index in [-0.39, 0.29) is 5.97 Å². The van der Waals surface area contributed by atoms with Gasteiger partial charge in [-0.15, -0.1) is 0 Å². The molecule has 0 N–H and O–H groups in total. The summed E-state index contributed by atoms with van der Waals surface area (Å²) in [4.78, 5) is 12.1. The number of hydrogen-bond acceptors (Lipinski definition) is 2. The lowest BCUT2D eigenvalue weighted by molar-refractivity contribution is -0.145. The third-order valence-corrected chi connectivity index (χ3v) is 7.58. The molecule has 0 aromatic carbocycles. The molecule has 0 aromatic heterocycles. The van der Waals surface area contributed by atoms with Gasteiger partial charge in [0.05, 0.1) is 6.61 Å². The molecule has 0 rings (SSSR count). The number of ether oxygens (including phenoxy) is 1. The van der Waals surface area contributed by atoms with Crippen molar-refractivity contribution < 1.29 is 9.53 Å². The van der Waals surface area contributed by atoms with Crippen LogP contribution in [0.25, 0.3) is 0 Å². The van der Waals surface area contributed by atoms with Gasteiger partial charge in [0.15, 0.2) is 0 Å². The molecule has 0 amide bonds. The second kappa shape index (κ2) is 25.6. The maximum atomic E-state index is 12.1. The lowest BCUT2D eigenvalue weighted by Gasteiger charge is -2.23. The molecule has 0 spiro atoms. The molecule has 34 heavy (non-hydrogen) atoms. The fourth-order valence-corrected chi connectivity index (χ4v) is 5.16. The first-order valence-corrected chi connectivity index (χ1v) is 15.7.